The van der Waals surface area contributed by atoms with Gasteiger partial charge in [-0.05, 0) is 13.3 Å². The van der Waals surface area contributed by atoms with Crippen LogP contribution >= 0.6 is 0 Å². The zero-order valence-electron chi connectivity index (χ0n) is 11.7. The van der Waals surface area contributed by atoms with Crippen molar-refractivity contribution in [3.63, 3.8) is 0 Å². The molecule has 0 aliphatic rings. The second kappa shape index (κ2) is 7.69. The number of ether oxygens (including phenoxy) is 1. The van der Waals surface area contributed by atoms with E-state index in [0.717, 1.165) is 24.6 Å². The number of rotatable bonds is 7. The Balaban J connectivity index is 2.83. The van der Waals surface area contributed by atoms with E-state index in [1.807, 2.05) is 25.1 Å². The van der Waals surface area contributed by atoms with Gasteiger partial charge >= 0.3 is 0 Å². The quantitative estimate of drug-likeness (QED) is 0.753. The minimum absolute atomic E-state index is 0.289. The van der Waals surface area contributed by atoms with Crippen LogP contribution in [0.25, 0.3) is 0 Å². The number of nitrogens with zero attached hydrogens (tertiary/aromatic N) is 2. The van der Waals surface area contributed by atoms with Crippen LogP contribution in [-0.2, 0) is 0 Å². The fourth-order valence-corrected chi connectivity index (χ4v) is 1.35. The Hall–Kier alpha value is -1.58. The van der Waals surface area contributed by atoms with Crippen molar-refractivity contribution < 1.29 is 4.74 Å². The van der Waals surface area contributed by atoms with E-state index >= 15 is 0 Å². The summed E-state index contributed by atoms with van der Waals surface area (Å²) in [6.07, 6.45) is 4.98. The SMILES string of the molecule is C/C=C/COc1cc(NCCC)nc(C(C)C)n1. The van der Waals surface area contributed by atoms with Gasteiger partial charge in [0.2, 0.25) is 5.88 Å². The Morgan fingerprint density at radius 1 is 1.39 bits per heavy atom. The fourth-order valence-electron chi connectivity index (χ4n) is 1.35. The molecule has 18 heavy (non-hydrogen) atoms. The molecule has 0 aliphatic heterocycles. The summed E-state index contributed by atoms with van der Waals surface area (Å²) in [5, 5.41) is 3.27. The van der Waals surface area contributed by atoms with Crippen LogP contribution in [0.3, 0.4) is 0 Å². The van der Waals surface area contributed by atoms with E-state index in [4.69, 9.17) is 4.74 Å². The molecule has 0 saturated carbocycles. The molecule has 1 aromatic heterocycles. The van der Waals surface area contributed by atoms with Gasteiger partial charge in [-0.15, -0.1) is 0 Å². The maximum atomic E-state index is 5.58. The summed E-state index contributed by atoms with van der Waals surface area (Å²) in [7, 11) is 0. The molecule has 1 rings (SSSR count). The number of aromatic nitrogens is 2. The molecule has 1 N–H and O–H groups in total. The summed E-state index contributed by atoms with van der Waals surface area (Å²) in [5.41, 5.74) is 0. The number of allylic oxidation sites excluding steroid dienone is 1. The normalized spacial score (nSPS) is 11.2. The predicted molar refractivity (Wildman–Crippen MR) is 75.2 cm³/mol. The molecular weight excluding hydrogens is 226 g/mol. The van der Waals surface area contributed by atoms with Crippen molar-refractivity contribution in [3.8, 4) is 5.88 Å². The number of hydrogen-bond acceptors (Lipinski definition) is 4. The molecule has 0 aromatic carbocycles. The Morgan fingerprint density at radius 3 is 2.78 bits per heavy atom. The zero-order chi connectivity index (χ0) is 13.4. The van der Waals surface area contributed by atoms with E-state index < -0.39 is 0 Å². The average molecular weight is 249 g/mol. The number of anilines is 1. The highest BCUT2D eigenvalue weighted by molar-refractivity contribution is 5.38. The standard InChI is InChI=1S/C14H23N3O/c1-5-7-9-18-13-10-12(15-8-6-2)16-14(17-13)11(3)4/h5,7,10-11H,6,8-9H2,1-4H3,(H,15,16,17)/b7-5+. The fraction of sp³-hybridized carbons (Fsp3) is 0.571. The van der Waals surface area contributed by atoms with Crippen LogP contribution < -0.4 is 10.1 Å². The van der Waals surface area contributed by atoms with Gasteiger partial charge < -0.3 is 10.1 Å². The Bertz CT molecular complexity index is 389. The van der Waals surface area contributed by atoms with Crippen LogP contribution in [0.15, 0.2) is 18.2 Å². The first-order valence-electron chi connectivity index (χ1n) is 6.54. The first-order valence-corrected chi connectivity index (χ1v) is 6.54. The lowest BCUT2D eigenvalue weighted by molar-refractivity contribution is 0.345. The second-order valence-corrected chi connectivity index (χ2v) is 4.41. The maximum Gasteiger partial charge on any atom is 0.219 e. The summed E-state index contributed by atoms with van der Waals surface area (Å²) in [6.45, 7) is 9.70. The first kappa shape index (κ1) is 14.5. The Morgan fingerprint density at radius 2 is 2.17 bits per heavy atom. The van der Waals surface area contributed by atoms with E-state index in [-0.39, 0.29) is 5.92 Å². The van der Waals surface area contributed by atoms with E-state index in [0.29, 0.717) is 12.5 Å². The van der Waals surface area contributed by atoms with Crippen molar-refractivity contribution in [2.45, 2.75) is 40.0 Å². The molecule has 1 aromatic rings. The van der Waals surface area contributed by atoms with E-state index in [2.05, 4.69) is 36.1 Å². The maximum absolute atomic E-state index is 5.58. The van der Waals surface area contributed by atoms with Crippen LogP contribution in [0, 0.1) is 0 Å². The van der Waals surface area contributed by atoms with Gasteiger partial charge in [-0.1, -0.05) is 32.9 Å². The van der Waals surface area contributed by atoms with Gasteiger partial charge in [0, 0.05) is 18.5 Å². The average Bonchev–Trinajstić information content (AvgIpc) is 2.36. The summed E-state index contributed by atoms with van der Waals surface area (Å²) in [5.74, 6) is 2.57. The van der Waals surface area contributed by atoms with Gasteiger partial charge in [-0.2, -0.15) is 4.98 Å². The molecule has 100 valence electrons. The molecule has 0 saturated heterocycles. The molecule has 4 nitrogen and oxygen atoms in total. The molecule has 0 aliphatic carbocycles. The first-order chi connectivity index (χ1) is 8.67. The highest BCUT2D eigenvalue weighted by Crippen LogP contribution is 2.18. The minimum atomic E-state index is 0.289. The lowest BCUT2D eigenvalue weighted by atomic mass is 10.2. The zero-order valence-corrected chi connectivity index (χ0v) is 11.7. The van der Waals surface area contributed by atoms with Gasteiger partial charge in [-0.3, -0.25) is 0 Å². The molecular formula is C14H23N3O. The highest BCUT2D eigenvalue weighted by Gasteiger charge is 2.08. The lowest BCUT2D eigenvalue weighted by Gasteiger charge is -2.11. The topological polar surface area (TPSA) is 47.0 Å². The van der Waals surface area contributed by atoms with Gasteiger partial charge in [0.05, 0.1) is 0 Å². The smallest absolute Gasteiger partial charge is 0.219 e. The van der Waals surface area contributed by atoms with Crippen molar-refractivity contribution >= 4 is 5.82 Å². The molecule has 1 heterocycles. The van der Waals surface area contributed by atoms with Gasteiger partial charge in [0.15, 0.2) is 0 Å². The molecule has 0 spiro atoms. The van der Waals surface area contributed by atoms with Crippen LogP contribution in [0.2, 0.25) is 0 Å². The molecule has 0 atom stereocenters. The van der Waals surface area contributed by atoms with Gasteiger partial charge in [0.25, 0.3) is 0 Å². The molecule has 0 unspecified atom stereocenters. The third kappa shape index (κ3) is 4.73. The number of hydrogen-bond donors (Lipinski definition) is 1. The monoisotopic (exact) mass is 249 g/mol. The van der Waals surface area contributed by atoms with Crippen molar-refractivity contribution in [2.75, 3.05) is 18.5 Å². The third-order valence-electron chi connectivity index (χ3n) is 2.36. The Kier molecular flexibility index (Phi) is 6.19. The van der Waals surface area contributed by atoms with Crippen molar-refractivity contribution in [3.05, 3.63) is 24.0 Å². The molecule has 4 heteroatoms. The van der Waals surface area contributed by atoms with Gasteiger partial charge in [-0.25, -0.2) is 4.98 Å². The van der Waals surface area contributed by atoms with Crippen LogP contribution in [0.1, 0.15) is 45.9 Å². The van der Waals surface area contributed by atoms with Crippen LogP contribution in [0.4, 0.5) is 5.82 Å². The van der Waals surface area contributed by atoms with Crippen LogP contribution in [-0.4, -0.2) is 23.1 Å². The van der Waals surface area contributed by atoms with E-state index in [1.54, 1.807) is 0 Å². The predicted octanol–water partition coefficient (Wildman–Crippen LogP) is 3.38. The summed E-state index contributed by atoms with van der Waals surface area (Å²) < 4.78 is 5.58. The third-order valence-corrected chi connectivity index (χ3v) is 2.36. The van der Waals surface area contributed by atoms with E-state index in [1.165, 1.54) is 0 Å². The minimum Gasteiger partial charge on any atom is -0.473 e. The molecule has 0 fully saturated rings. The molecule has 0 amide bonds. The highest BCUT2D eigenvalue weighted by atomic mass is 16.5. The summed E-state index contributed by atoms with van der Waals surface area (Å²) in [6, 6.07) is 1.85. The molecule has 0 bridgehead atoms. The lowest BCUT2D eigenvalue weighted by Crippen LogP contribution is -2.08. The Labute approximate surface area is 109 Å². The summed E-state index contributed by atoms with van der Waals surface area (Å²) >= 11 is 0. The summed E-state index contributed by atoms with van der Waals surface area (Å²) in [4.78, 5) is 8.88. The second-order valence-electron chi connectivity index (χ2n) is 4.41. The van der Waals surface area contributed by atoms with Crippen LogP contribution in [0.5, 0.6) is 5.88 Å². The largest absolute Gasteiger partial charge is 0.473 e. The van der Waals surface area contributed by atoms with Crippen molar-refractivity contribution in [2.24, 2.45) is 0 Å². The van der Waals surface area contributed by atoms with E-state index in [9.17, 15) is 0 Å². The number of nitrogens with one attached hydrogen (secondary N) is 1. The van der Waals surface area contributed by atoms with Gasteiger partial charge in [0.1, 0.15) is 18.2 Å². The van der Waals surface area contributed by atoms with Crippen molar-refractivity contribution in [1.29, 1.82) is 0 Å². The van der Waals surface area contributed by atoms with Crippen molar-refractivity contribution in [1.82, 2.24) is 9.97 Å². The molecule has 0 radical (unpaired) electrons.